The number of fused-ring (bicyclic) bond motifs is 1. The van der Waals surface area contributed by atoms with Crippen molar-refractivity contribution in [3.05, 3.63) is 53.8 Å². The zero-order valence-electron chi connectivity index (χ0n) is 18.8. The maximum Gasteiger partial charge on any atom is 0.573 e. The van der Waals surface area contributed by atoms with Crippen molar-refractivity contribution in [3.8, 4) is 11.5 Å². The van der Waals surface area contributed by atoms with Gasteiger partial charge in [-0.1, -0.05) is 0 Å². The molecule has 0 radical (unpaired) electrons. The molecule has 2 saturated heterocycles. The Bertz CT molecular complexity index is 1320. The van der Waals surface area contributed by atoms with Crippen molar-refractivity contribution in [2.75, 3.05) is 19.7 Å². The molecule has 200 valence electrons. The standard InChI is InChI=1S/C22H20F5N3O6S/c23-16-7-14(37(28,33)34)5-6-15(16)20(32)30-9-19-21(24,11-30)8-17(29-19)18(31)10-35-12-1-3-13(4-2-12)36-22(25,26)27/h1-7,17,19,29H,8-11H2,(H2,28,33,34). The number of hydrogen-bond donors (Lipinski definition) is 2. The number of nitrogens with one attached hydrogen (secondary N) is 1. The van der Waals surface area contributed by atoms with E-state index in [1.807, 2.05) is 0 Å². The molecule has 2 aromatic carbocycles. The van der Waals surface area contributed by atoms with Crippen molar-refractivity contribution in [1.82, 2.24) is 10.2 Å². The number of alkyl halides is 4. The number of halogens is 5. The zero-order valence-corrected chi connectivity index (χ0v) is 19.6. The lowest BCUT2D eigenvalue weighted by Gasteiger charge is -2.21. The first-order valence-corrected chi connectivity index (χ1v) is 12.3. The summed E-state index contributed by atoms with van der Waals surface area (Å²) < 4.78 is 98.3. The predicted molar refractivity (Wildman–Crippen MR) is 116 cm³/mol. The average molecular weight is 549 g/mol. The molecule has 9 nitrogen and oxygen atoms in total. The number of primary sulfonamides is 1. The van der Waals surface area contributed by atoms with Gasteiger partial charge in [0.2, 0.25) is 10.0 Å². The number of benzene rings is 2. The Kier molecular flexibility index (Phi) is 6.90. The van der Waals surface area contributed by atoms with Crippen LogP contribution in [-0.2, 0) is 14.8 Å². The van der Waals surface area contributed by atoms with Crippen LogP contribution >= 0.6 is 0 Å². The van der Waals surface area contributed by atoms with Crippen molar-refractivity contribution in [2.24, 2.45) is 5.14 Å². The third-order valence-corrected chi connectivity index (χ3v) is 6.95. The molecule has 3 unspecified atom stereocenters. The van der Waals surface area contributed by atoms with Gasteiger partial charge in [0.1, 0.15) is 29.6 Å². The van der Waals surface area contributed by atoms with E-state index in [2.05, 4.69) is 10.1 Å². The quantitative estimate of drug-likeness (QED) is 0.505. The highest BCUT2D eigenvalue weighted by atomic mass is 32.2. The van der Waals surface area contributed by atoms with Crippen molar-refractivity contribution in [3.63, 3.8) is 0 Å². The molecule has 2 heterocycles. The molecule has 37 heavy (non-hydrogen) atoms. The van der Waals surface area contributed by atoms with E-state index in [0.717, 1.165) is 29.2 Å². The minimum absolute atomic E-state index is 0.100. The Balaban J connectivity index is 1.32. The van der Waals surface area contributed by atoms with Crippen LogP contribution < -0.4 is 19.9 Å². The van der Waals surface area contributed by atoms with Crippen LogP contribution in [0, 0.1) is 5.82 Å². The van der Waals surface area contributed by atoms with Gasteiger partial charge >= 0.3 is 6.36 Å². The number of rotatable bonds is 7. The first-order valence-electron chi connectivity index (χ1n) is 10.7. The molecule has 3 N–H and O–H groups in total. The fraction of sp³-hybridized carbons (Fsp3) is 0.364. The molecule has 0 aromatic heterocycles. The van der Waals surface area contributed by atoms with E-state index in [4.69, 9.17) is 9.88 Å². The highest BCUT2D eigenvalue weighted by Gasteiger charge is 2.56. The topological polar surface area (TPSA) is 128 Å². The number of likely N-dealkylation sites (tertiary alicyclic amines) is 1. The van der Waals surface area contributed by atoms with Crippen LogP contribution in [-0.4, -0.2) is 68.8 Å². The van der Waals surface area contributed by atoms with E-state index in [1.54, 1.807) is 0 Å². The number of hydrogen-bond acceptors (Lipinski definition) is 7. The second-order valence-electron chi connectivity index (χ2n) is 8.66. The van der Waals surface area contributed by atoms with Gasteiger partial charge in [-0.2, -0.15) is 0 Å². The van der Waals surface area contributed by atoms with Crippen LogP contribution in [0.5, 0.6) is 11.5 Å². The SMILES string of the molecule is NS(=O)(=O)c1ccc(C(=O)N2CC3NC(C(=O)COc4ccc(OC(F)(F)F)cc4)CC3(F)C2)c(F)c1. The van der Waals surface area contributed by atoms with Gasteiger partial charge in [0.25, 0.3) is 5.91 Å². The van der Waals surface area contributed by atoms with Gasteiger partial charge < -0.3 is 14.4 Å². The van der Waals surface area contributed by atoms with E-state index in [-0.39, 0.29) is 18.7 Å². The lowest BCUT2D eigenvalue weighted by Crippen LogP contribution is -2.42. The monoisotopic (exact) mass is 549 g/mol. The molecular formula is C22H20F5N3O6S. The summed E-state index contributed by atoms with van der Waals surface area (Å²) in [6.07, 6.45) is -5.13. The summed E-state index contributed by atoms with van der Waals surface area (Å²) in [5, 5.41) is 7.76. The lowest BCUT2D eigenvalue weighted by molar-refractivity contribution is -0.274. The number of ketones is 1. The summed E-state index contributed by atoms with van der Waals surface area (Å²) >= 11 is 0. The first-order chi connectivity index (χ1) is 17.1. The molecule has 2 aromatic rings. The number of sulfonamides is 1. The molecule has 2 aliphatic rings. The molecule has 15 heteroatoms. The number of carbonyl (C=O) groups is 2. The summed E-state index contributed by atoms with van der Waals surface area (Å²) in [4.78, 5) is 25.8. The number of ether oxygens (including phenoxy) is 2. The van der Waals surface area contributed by atoms with Crippen molar-refractivity contribution in [2.45, 2.75) is 35.4 Å². The molecule has 1 amide bonds. The Hall–Kier alpha value is -3.30. The predicted octanol–water partition coefficient (Wildman–Crippen LogP) is 1.91. The Morgan fingerprint density at radius 1 is 1.14 bits per heavy atom. The van der Waals surface area contributed by atoms with Gasteiger partial charge in [-0.05, 0) is 42.5 Å². The minimum Gasteiger partial charge on any atom is -0.486 e. The number of nitrogens with two attached hydrogens (primary N) is 1. The van der Waals surface area contributed by atoms with Crippen LogP contribution in [0.4, 0.5) is 22.0 Å². The molecule has 0 aliphatic carbocycles. The normalized spacial score (nSPS) is 23.6. The van der Waals surface area contributed by atoms with Crippen LogP contribution in [0.1, 0.15) is 16.8 Å². The van der Waals surface area contributed by atoms with Gasteiger partial charge in [-0.15, -0.1) is 13.2 Å². The molecule has 2 aliphatic heterocycles. The van der Waals surface area contributed by atoms with Crippen LogP contribution in [0.2, 0.25) is 0 Å². The van der Waals surface area contributed by atoms with Crippen molar-refractivity contribution in [1.29, 1.82) is 0 Å². The molecular weight excluding hydrogens is 529 g/mol. The third kappa shape index (κ3) is 5.99. The molecule has 3 atom stereocenters. The smallest absolute Gasteiger partial charge is 0.486 e. The summed E-state index contributed by atoms with van der Waals surface area (Å²) in [6, 6.07) is 5.06. The molecule has 4 rings (SSSR count). The first kappa shape index (κ1) is 26.8. The second-order valence-corrected chi connectivity index (χ2v) is 10.2. The molecule has 0 bridgehead atoms. The molecule has 2 fully saturated rings. The van der Waals surface area contributed by atoms with Crippen LogP contribution in [0.25, 0.3) is 0 Å². The van der Waals surface area contributed by atoms with Gasteiger partial charge in [0.05, 0.1) is 29.1 Å². The van der Waals surface area contributed by atoms with Crippen LogP contribution in [0.3, 0.4) is 0 Å². The molecule has 0 saturated carbocycles. The summed E-state index contributed by atoms with van der Waals surface area (Å²) in [7, 11) is -4.18. The van der Waals surface area contributed by atoms with E-state index in [1.165, 1.54) is 12.1 Å². The van der Waals surface area contributed by atoms with E-state index in [0.29, 0.717) is 6.07 Å². The van der Waals surface area contributed by atoms with Crippen molar-refractivity contribution >= 4 is 21.7 Å². The number of amides is 1. The van der Waals surface area contributed by atoms with E-state index < -0.39 is 81.0 Å². The van der Waals surface area contributed by atoms with E-state index >= 15 is 4.39 Å². The third-order valence-electron chi connectivity index (χ3n) is 6.04. The number of carbonyl (C=O) groups excluding carboxylic acids is 2. The number of Topliss-reactive ketones (excluding diaryl/α,β-unsaturated/α-hetero) is 1. The fourth-order valence-electron chi connectivity index (χ4n) is 4.30. The zero-order chi connectivity index (χ0) is 27.2. The van der Waals surface area contributed by atoms with Gasteiger partial charge in [-0.3, -0.25) is 14.9 Å². The highest BCUT2D eigenvalue weighted by Crippen LogP contribution is 2.37. The number of nitrogens with zero attached hydrogens (tertiary/aromatic N) is 1. The minimum atomic E-state index is -4.85. The van der Waals surface area contributed by atoms with Gasteiger partial charge in [0, 0.05) is 13.0 Å². The Morgan fingerprint density at radius 3 is 2.35 bits per heavy atom. The summed E-state index contributed by atoms with van der Waals surface area (Å²) in [6.45, 7) is -1.08. The second kappa shape index (κ2) is 9.54. The Morgan fingerprint density at radius 2 is 1.78 bits per heavy atom. The fourth-order valence-corrected chi connectivity index (χ4v) is 4.82. The summed E-state index contributed by atoms with van der Waals surface area (Å²) in [5.74, 6) is -2.85. The molecule has 0 spiro atoms. The maximum absolute atomic E-state index is 15.6. The van der Waals surface area contributed by atoms with Crippen LogP contribution in [0.15, 0.2) is 47.4 Å². The van der Waals surface area contributed by atoms with Crippen molar-refractivity contribution < 1.29 is 49.4 Å². The van der Waals surface area contributed by atoms with Gasteiger partial charge in [-0.25, -0.2) is 22.3 Å². The largest absolute Gasteiger partial charge is 0.573 e. The Labute approximate surface area is 207 Å². The lowest BCUT2D eigenvalue weighted by atomic mass is 9.97. The summed E-state index contributed by atoms with van der Waals surface area (Å²) in [5.41, 5.74) is -2.44. The van der Waals surface area contributed by atoms with E-state index in [9.17, 15) is 35.6 Å². The van der Waals surface area contributed by atoms with Gasteiger partial charge in [0.15, 0.2) is 5.78 Å². The highest BCUT2D eigenvalue weighted by molar-refractivity contribution is 7.89. The average Bonchev–Trinajstić information content (AvgIpc) is 3.28. The maximum atomic E-state index is 15.6.